The van der Waals surface area contributed by atoms with E-state index in [1.54, 1.807) is 0 Å². The van der Waals surface area contributed by atoms with Crippen LogP contribution in [0.1, 0.15) is 44.6 Å². The number of alkyl halides is 2. The van der Waals surface area contributed by atoms with Crippen molar-refractivity contribution in [2.45, 2.75) is 58.4 Å². The van der Waals surface area contributed by atoms with Crippen LogP contribution in [0, 0.1) is 36.3 Å². The van der Waals surface area contributed by atoms with E-state index in [0.29, 0.717) is 32.0 Å². The molecule has 2 fully saturated rings. The zero-order valence-electron chi connectivity index (χ0n) is 15.7. The molecular formula is C20H26F4O3. The predicted octanol–water partition coefficient (Wildman–Crippen LogP) is 5.45. The van der Waals surface area contributed by atoms with Gasteiger partial charge in [0.25, 0.3) is 0 Å². The summed E-state index contributed by atoms with van der Waals surface area (Å²) >= 11 is 0. The van der Waals surface area contributed by atoms with Crippen LogP contribution in [0.25, 0.3) is 0 Å². The number of hydrogen-bond acceptors (Lipinski definition) is 3. The molecule has 1 aromatic carbocycles. The summed E-state index contributed by atoms with van der Waals surface area (Å²) in [5, 5.41) is 0. The number of rotatable bonds is 5. The first kappa shape index (κ1) is 20.4. The Hall–Kier alpha value is -1.34. The van der Waals surface area contributed by atoms with Crippen LogP contribution < -0.4 is 4.74 Å². The van der Waals surface area contributed by atoms with Crippen molar-refractivity contribution < 1.29 is 31.8 Å². The quantitative estimate of drug-likeness (QED) is 0.626. The summed E-state index contributed by atoms with van der Waals surface area (Å²) in [4.78, 5) is 0. The zero-order chi connectivity index (χ0) is 19.6. The Morgan fingerprint density at radius 3 is 2.11 bits per heavy atom. The molecule has 2 aliphatic rings. The molecule has 0 unspecified atom stereocenters. The van der Waals surface area contributed by atoms with Gasteiger partial charge in [-0.3, -0.25) is 0 Å². The number of benzene rings is 1. The second kappa shape index (κ2) is 8.35. The first-order chi connectivity index (χ1) is 12.8. The number of hydrogen-bond donors (Lipinski definition) is 0. The van der Waals surface area contributed by atoms with E-state index in [1.807, 2.05) is 0 Å². The van der Waals surface area contributed by atoms with Crippen LogP contribution in [0.3, 0.4) is 0 Å². The van der Waals surface area contributed by atoms with Gasteiger partial charge in [0.05, 0.1) is 19.1 Å². The van der Waals surface area contributed by atoms with Gasteiger partial charge in [-0.1, -0.05) is 6.92 Å². The molecule has 0 atom stereocenters. The monoisotopic (exact) mass is 390 g/mol. The van der Waals surface area contributed by atoms with Crippen molar-refractivity contribution in [1.29, 1.82) is 0 Å². The lowest BCUT2D eigenvalue weighted by molar-refractivity contribution is -0.247. The van der Waals surface area contributed by atoms with Crippen molar-refractivity contribution in [2.75, 3.05) is 13.2 Å². The molecule has 0 amide bonds. The third-order valence-electron chi connectivity index (χ3n) is 5.71. The third-order valence-corrected chi connectivity index (χ3v) is 5.71. The average Bonchev–Trinajstić information content (AvgIpc) is 2.66. The van der Waals surface area contributed by atoms with Gasteiger partial charge in [0.15, 0.2) is 6.29 Å². The first-order valence-electron chi connectivity index (χ1n) is 9.55. The molecule has 0 spiro atoms. The minimum absolute atomic E-state index is 0.0871. The lowest BCUT2D eigenvalue weighted by atomic mass is 9.80. The van der Waals surface area contributed by atoms with Gasteiger partial charge >= 0.3 is 6.11 Å². The Labute approximate surface area is 157 Å². The molecule has 1 heterocycles. The van der Waals surface area contributed by atoms with Crippen LogP contribution in [-0.2, 0) is 9.47 Å². The molecule has 1 saturated carbocycles. The van der Waals surface area contributed by atoms with E-state index in [4.69, 9.17) is 14.2 Å². The van der Waals surface area contributed by atoms with Crippen LogP contribution in [0.15, 0.2) is 12.1 Å². The van der Waals surface area contributed by atoms with Gasteiger partial charge in [0, 0.05) is 29.5 Å². The second-order valence-corrected chi connectivity index (χ2v) is 7.60. The van der Waals surface area contributed by atoms with Gasteiger partial charge in [-0.15, -0.1) is 0 Å². The van der Waals surface area contributed by atoms with Gasteiger partial charge in [0.2, 0.25) is 0 Å². The van der Waals surface area contributed by atoms with E-state index < -0.39 is 29.4 Å². The third kappa shape index (κ3) is 4.74. The van der Waals surface area contributed by atoms with E-state index in [1.165, 1.54) is 6.92 Å². The van der Waals surface area contributed by atoms with Gasteiger partial charge < -0.3 is 14.2 Å². The molecule has 0 bridgehead atoms. The minimum Gasteiger partial charge on any atom is -0.432 e. The van der Waals surface area contributed by atoms with E-state index in [9.17, 15) is 17.6 Å². The van der Waals surface area contributed by atoms with Crippen molar-refractivity contribution >= 4 is 0 Å². The molecule has 0 aromatic heterocycles. The highest BCUT2D eigenvalue weighted by atomic mass is 19.3. The lowest BCUT2D eigenvalue weighted by Crippen LogP contribution is -2.42. The normalized spacial score (nSPS) is 29.6. The van der Waals surface area contributed by atoms with Crippen molar-refractivity contribution in [2.24, 2.45) is 17.8 Å². The fourth-order valence-corrected chi connectivity index (χ4v) is 3.71. The maximum Gasteiger partial charge on any atom is 0.400 e. The summed E-state index contributed by atoms with van der Waals surface area (Å²) < 4.78 is 72.3. The summed E-state index contributed by atoms with van der Waals surface area (Å²) in [6.45, 7) is 4.61. The molecule has 0 radical (unpaired) electrons. The maximum absolute atomic E-state index is 14.5. The molecule has 3 nitrogen and oxygen atoms in total. The maximum atomic E-state index is 14.5. The summed E-state index contributed by atoms with van der Waals surface area (Å²) in [5.74, 6) is -2.82. The fourth-order valence-electron chi connectivity index (χ4n) is 3.71. The first-order valence-corrected chi connectivity index (χ1v) is 9.55. The van der Waals surface area contributed by atoms with E-state index in [2.05, 4.69) is 6.92 Å². The molecule has 1 aromatic rings. The summed E-state index contributed by atoms with van der Waals surface area (Å²) in [6, 6.07) is 1.59. The molecule has 1 saturated heterocycles. The SMILES string of the molecule is CCC1COC(C2CCC(C(F)(F)Oc3cc(F)c(C)c(F)c3)CC2)OC1. The van der Waals surface area contributed by atoms with Crippen LogP contribution >= 0.6 is 0 Å². The molecule has 0 N–H and O–H groups in total. The Bertz CT molecular complexity index is 613. The molecule has 1 aliphatic heterocycles. The highest BCUT2D eigenvalue weighted by molar-refractivity contribution is 5.30. The zero-order valence-corrected chi connectivity index (χ0v) is 15.7. The van der Waals surface area contributed by atoms with Gasteiger partial charge in [-0.25, -0.2) is 8.78 Å². The van der Waals surface area contributed by atoms with Crippen LogP contribution in [0.5, 0.6) is 5.75 Å². The second-order valence-electron chi connectivity index (χ2n) is 7.60. The molecule has 7 heteroatoms. The summed E-state index contributed by atoms with van der Waals surface area (Å²) in [5.41, 5.74) is -0.219. The van der Waals surface area contributed by atoms with Crippen LogP contribution in [0.2, 0.25) is 0 Å². The smallest absolute Gasteiger partial charge is 0.400 e. The van der Waals surface area contributed by atoms with Crippen LogP contribution in [0.4, 0.5) is 17.6 Å². The molecular weight excluding hydrogens is 364 g/mol. The van der Waals surface area contributed by atoms with Gasteiger partial charge in [-0.2, -0.15) is 8.78 Å². The Kier molecular flexibility index (Phi) is 6.31. The average molecular weight is 390 g/mol. The molecule has 152 valence electrons. The van der Waals surface area contributed by atoms with Crippen molar-refractivity contribution in [3.05, 3.63) is 29.3 Å². The number of ether oxygens (including phenoxy) is 3. The number of halogens is 4. The molecule has 1 aliphatic carbocycles. The predicted molar refractivity (Wildman–Crippen MR) is 91.6 cm³/mol. The van der Waals surface area contributed by atoms with E-state index in [0.717, 1.165) is 18.6 Å². The van der Waals surface area contributed by atoms with Crippen molar-refractivity contribution in [3.63, 3.8) is 0 Å². The Morgan fingerprint density at radius 1 is 1.04 bits per heavy atom. The largest absolute Gasteiger partial charge is 0.432 e. The van der Waals surface area contributed by atoms with Crippen LogP contribution in [-0.4, -0.2) is 25.6 Å². The van der Waals surface area contributed by atoms with Crippen molar-refractivity contribution in [3.8, 4) is 5.75 Å². The Balaban J connectivity index is 1.55. The topological polar surface area (TPSA) is 27.7 Å². The van der Waals surface area contributed by atoms with E-state index >= 15 is 0 Å². The lowest BCUT2D eigenvalue weighted by Gasteiger charge is -2.38. The van der Waals surface area contributed by atoms with Gasteiger partial charge in [-0.05, 0) is 39.0 Å². The molecule has 3 rings (SSSR count). The standard InChI is InChI=1S/C20H26F4O3/c1-3-13-10-25-19(26-11-13)14-4-6-15(7-5-14)20(23,24)27-16-8-17(21)12(2)18(22)9-16/h8-9,13-15,19H,3-7,10-11H2,1-2H3. The highest BCUT2D eigenvalue weighted by Crippen LogP contribution is 2.42. The fraction of sp³-hybridized carbons (Fsp3) is 0.700. The summed E-state index contributed by atoms with van der Waals surface area (Å²) in [7, 11) is 0. The summed E-state index contributed by atoms with van der Waals surface area (Å²) in [6.07, 6.45) is -1.25. The molecule has 27 heavy (non-hydrogen) atoms. The van der Waals surface area contributed by atoms with Gasteiger partial charge in [0.1, 0.15) is 17.4 Å². The van der Waals surface area contributed by atoms with E-state index in [-0.39, 0.29) is 30.6 Å². The highest BCUT2D eigenvalue weighted by Gasteiger charge is 2.45. The minimum atomic E-state index is -3.49. The Morgan fingerprint density at radius 2 is 1.59 bits per heavy atom. The van der Waals surface area contributed by atoms with Crippen molar-refractivity contribution in [1.82, 2.24) is 0 Å².